The quantitative estimate of drug-likeness (QED) is 0.451. The largest absolute Gasteiger partial charge is 0.497 e. The summed E-state index contributed by atoms with van der Waals surface area (Å²) >= 11 is 0. The number of nitro groups is 1. The molecule has 0 bridgehead atoms. The van der Waals surface area contributed by atoms with E-state index in [1.54, 1.807) is 19.2 Å². The first kappa shape index (κ1) is 20.7. The number of piperidine rings is 1. The molecule has 0 amide bonds. The van der Waals surface area contributed by atoms with Crippen molar-refractivity contribution >= 4 is 16.6 Å². The number of nitro benzene ring substituents is 1. The maximum atomic E-state index is 11.5. The standard InChI is InChI=1S/C26H29N3O4/c1-33-18-5-2-4-16(10-18)26(21-13-24(21)30)28-9-8-15-12-22-20(11-17(15)14-28)19-6-3-7-23(29(31)32)25(19)27-22/h2-7,10,15,17,21,24,26-27,30H,8-9,11-14H2,1H3. The van der Waals surface area contributed by atoms with Crippen molar-refractivity contribution in [2.45, 2.75) is 37.8 Å². The lowest BCUT2D eigenvalue weighted by atomic mass is 9.73. The zero-order valence-corrected chi connectivity index (χ0v) is 18.7. The van der Waals surface area contributed by atoms with Crippen LogP contribution in [0.3, 0.4) is 0 Å². The lowest BCUT2D eigenvalue weighted by molar-refractivity contribution is -0.383. The molecule has 0 radical (unpaired) electrons. The number of aliphatic hydroxyl groups is 1. The topological polar surface area (TPSA) is 91.6 Å². The average molecular weight is 448 g/mol. The van der Waals surface area contributed by atoms with Gasteiger partial charge in [0.25, 0.3) is 5.69 Å². The summed E-state index contributed by atoms with van der Waals surface area (Å²) in [5.74, 6) is 2.21. The number of fused-ring (bicyclic) bond motifs is 4. The molecule has 1 saturated carbocycles. The van der Waals surface area contributed by atoms with Crippen LogP contribution in [0.25, 0.3) is 10.9 Å². The molecule has 2 fully saturated rings. The summed E-state index contributed by atoms with van der Waals surface area (Å²) in [5.41, 5.74) is 4.47. The van der Waals surface area contributed by atoms with Crippen LogP contribution in [0.2, 0.25) is 0 Å². The Morgan fingerprint density at radius 1 is 1.21 bits per heavy atom. The van der Waals surface area contributed by atoms with Crippen molar-refractivity contribution in [1.82, 2.24) is 9.88 Å². The van der Waals surface area contributed by atoms with Gasteiger partial charge >= 0.3 is 0 Å². The molecule has 0 spiro atoms. The van der Waals surface area contributed by atoms with Crippen molar-refractivity contribution in [2.75, 3.05) is 20.2 Å². The molecule has 5 unspecified atom stereocenters. The highest BCUT2D eigenvalue weighted by Crippen LogP contribution is 2.48. The normalized spacial score (nSPS) is 27.6. The molecule has 3 aromatic rings. The van der Waals surface area contributed by atoms with Gasteiger partial charge in [-0.15, -0.1) is 0 Å². The molecule has 1 saturated heterocycles. The van der Waals surface area contributed by atoms with E-state index >= 15 is 0 Å². The number of nitrogens with zero attached hydrogens (tertiary/aromatic N) is 2. The van der Waals surface area contributed by atoms with Gasteiger partial charge in [0.05, 0.1) is 18.1 Å². The number of aromatic amines is 1. The first-order chi connectivity index (χ1) is 16.0. The van der Waals surface area contributed by atoms with Crippen LogP contribution in [-0.4, -0.2) is 46.2 Å². The van der Waals surface area contributed by atoms with Gasteiger partial charge in [-0.05, 0) is 67.3 Å². The molecule has 5 atom stereocenters. The molecule has 6 rings (SSSR count). The first-order valence-electron chi connectivity index (χ1n) is 11.9. The van der Waals surface area contributed by atoms with Gasteiger partial charge in [-0.2, -0.15) is 0 Å². The van der Waals surface area contributed by atoms with Gasteiger partial charge in [-0.1, -0.05) is 24.3 Å². The third-order valence-electron chi connectivity index (χ3n) is 8.10. The number of rotatable bonds is 5. The van der Waals surface area contributed by atoms with E-state index in [9.17, 15) is 15.2 Å². The van der Waals surface area contributed by atoms with Crippen molar-refractivity contribution < 1.29 is 14.8 Å². The zero-order valence-electron chi connectivity index (χ0n) is 18.7. The molecule has 2 aliphatic carbocycles. The van der Waals surface area contributed by atoms with Crippen LogP contribution < -0.4 is 4.74 Å². The number of aliphatic hydroxyl groups excluding tert-OH is 1. The van der Waals surface area contributed by atoms with Gasteiger partial charge in [0.15, 0.2) is 0 Å². The van der Waals surface area contributed by atoms with Gasteiger partial charge in [0.2, 0.25) is 0 Å². The number of non-ortho nitro benzene ring substituents is 1. The molecule has 2 N–H and O–H groups in total. The predicted octanol–water partition coefficient (Wildman–Crippen LogP) is 4.24. The number of H-pyrrole nitrogens is 1. The maximum Gasteiger partial charge on any atom is 0.293 e. The Labute approximate surface area is 192 Å². The first-order valence-corrected chi connectivity index (χ1v) is 11.9. The van der Waals surface area contributed by atoms with Crippen LogP contribution in [0.5, 0.6) is 5.75 Å². The maximum absolute atomic E-state index is 11.5. The van der Waals surface area contributed by atoms with Gasteiger partial charge in [-0.3, -0.25) is 15.0 Å². The zero-order chi connectivity index (χ0) is 22.7. The molecular formula is C26H29N3O4. The molecule has 2 aromatic carbocycles. The summed E-state index contributed by atoms with van der Waals surface area (Å²) in [6, 6.07) is 13.9. The summed E-state index contributed by atoms with van der Waals surface area (Å²) in [5, 5.41) is 22.8. The van der Waals surface area contributed by atoms with Crippen LogP contribution in [0.15, 0.2) is 42.5 Å². The number of methoxy groups -OCH3 is 1. The van der Waals surface area contributed by atoms with Crippen molar-refractivity contribution in [1.29, 1.82) is 0 Å². The number of para-hydroxylation sites is 1. The molecular weight excluding hydrogens is 418 g/mol. The second-order valence-electron chi connectivity index (χ2n) is 9.94. The second-order valence-corrected chi connectivity index (χ2v) is 9.94. The van der Waals surface area contributed by atoms with E-state index in [2.05, 4.69) is 22.0 Å². The average Bonchev–Trinajstić information content (AvgIpc) is 3.42. The highest BCUT2D eigenvalue weighted by atomic mass is 16.6. The fraction of sp³-hybridized carbons (Fsp3) is 0.462. The molecule has 7 heteroatoms. The Balaban J connectivity index is 1.30. The Bertz CT molecular complexity index is 1220. The van der Waals surface area contributed by atoms with Crippen LogP contribution in [0.1, 0.15) is 35.7 Å². The Morgan fingerprint density at radius 2 is 2.03 bits per heavy atom. The minimum atomic E-state index is -0.293. The minimum Gasteiger partial charge on any atom is -0.497 e. The molecule has 7 nitrogen and oxygen atoms in total. The van der Waals surface area contributed by atoms with Gasteiger partial charge in [0.1, 0.15) is 11.3 Å². The number of hydrogen-bond donors (Lipinski definition) is 2. The molecule has 3 aliphatic rings. The lowest BCUT2D eigenvalue weighted by Crippen LogP contribution is -2.46. The highest BCUT2D eigenvalue weighted by Gasteiger charge is 2.47. The Morgan fingerprint density at radius 3 is 2.79 bits per heavy atom. The molecule has 1 aliphatic heterocycles. The van der Waals surface area contributed by atoms with E-state index in [0.29, 0.717) is 17.4 Å². The number of aromatic nitrogens is 1. The Hall–Kier alpha value is -2.90. The molecule has 2 heterocycles. The number of ether oxygens (including phenoxy) is 1. The number of hydrogen-bond acceptors (Lipinski definition) is 5. The van der Waals surface area contributed by atoms with E-state index in [0.717, 1.165) is 49.9 Å². The third kappa shape index (κ3) is 3.50. The summed E-state index contributed by atoms with van der Waals surface area (Å²) in [6.07, 6.45) is 3.62. The van der Waals surface area contributed by atoms with E-state index in [1.165, 1.54) is 16.8 Å². The highest BCUT2D eigenvalue weighted by molar-refractivity contribution is 5.92. The van der Waals surface area contributed by atoms with E-state index < -0.39 is 0 Å². The molecule has 33 heavy (non-hydrogen) atoms. The third-order valence-corrected chi connectivity index (χ3v) is 8.10. The SMILES string of the molecule is COc1cccc(C(C2CC2O)N2CCC3Cc4[nH]c5c([N+](=O)[O-])cccc5c4CC3C2)c1. The summed E-state index contributed by atoms with van der Waals surface area (Å²) in [6.45, 7) is 1.98. The predicted molar refractivity (Wildman–Crippen MR) is 125 cm³/mol. The van der Waals surface area contributed by atoms with Crippen LogP contribution >= 0.6 is 0 Å². The van der Waals surface area contributed by atoms with E-state index in [-0.39, 0.29) is 28.7 Å². The van der Waals surface area contributed by atoms with Gasteiger partial charge in [-0.25, -0.2) is 0 Å². The summed E-state index contributed by atoms with van der Waals surface area (Å²) in [7, 11) is 1.69. The fourth-order valence-electron chi connectivity index (χ4n) is 6.35. The van der Waals surface area contributed by atoms with Crippen molar-refractivity contribution in [2.24, 2.45) is 17.8 Å². The van der Waals surface area contributed by atoms with Crippen LogP contribution in [0.4, 0.5) is 5.69 Å². The monoisotopic (exact) mass is 447 g/mol. The second kappa shape index (κ2) is 7.85. The van der Waals surface area contributed by atoms with Gasteiger partial charge < -0.3 is 14.8 Å². The van der Waals surface area contributed by atoms with Crippen LogP contribution in [0, 0.1) is 27.9 Å². The van der Waals surface area contributed by atoms with Crippen molar-refractivity contribution in [3.8, 4) is 5.75 Å². The molecule has 1 aromatic heterocycles. The summed E-state index contributed by atoms with van der Waals surface area (Å²) < 4.78 is 5.47. The number of benzene rings is 2. The lowest BCUT2D eigenvalue weighted by Gasteiger charge is -2.44. The minimum absolute atomic E-state index is 0.160. The number of likely N-dealkylation sites (tertiary alicyclic amines) is 1. The van der Waals surface area contributed by atoms with Crippen molar-refractivity contribution in [3.63, 3.8) is 0 Å². The van der Waals surface area contributed by atoms with Crippen molar-refractivity contribution in [3.05, 3.63) is 69.4 Å². The van der Waals surface area contributed by atoms with Gasteiger partial charge in [0, 0.05) is 35.7 Å². The summed E-state index contributed by atoms with van der Waals surface area (Å²) in [4.78, 5) is 17.2. The van der Waals surface area contributed by atoms with E-state index in [1.807, 2.05) is 18.2 Å². The molecule has 172 valence electrons. The van der Waals surface area contributed by atoms with Crippen LogP contribution in [-0.2, 0) is 12.8 Å². The number of nitrogens with one attached hydrogen (secondary N) is 1. The van der Waals surface area contributed by atoms with E-state index in [4.69, 9.17) is 4.74 Å². The smallest absolute Gasteiger partial charge is 0.293 e. The Kier molecular flexibility index (Phi) is 4.92. The fourth-order valence-corrected chi connectivity index (χ4v) is 6.35.